The van der Waals surface area contributed by atoms with E-state index in [0.29, 0.717) is 5.56 Å². The molecule has 0 aliphatic heterocycles. The Kier molecular flexibility index (Phi) is 11.2. The van der Waals surface area contributed by atoms with Crippen LogP contribution in [0, 0.1) is 5.41 Å². The van der Waals surface area contributed by atoms with Crippen LogP contribution < -0.4 is 15.2 Å². The second-order valence-electron chi connectivity index (χ2n) is 9.92. The van der Waals surface area contributed by atoms with Crippen LogP contribution in [0.4, 0.5) is 9.59 Å². The average molecular weight is 512 g/mol. The Hall–Kier alpha value is -3.34. The number of nitrogens with two attached hydrogens (primary N) is 1. The number of carbonyl (C=O) groups excluding carboxylic acids is 3. The summed E-state index contributed by atoms with van der Waals surface area (Å²) in [5.74, 6) is -2.95. The molecule has 0 aliphatic carbocycles. The Morgan fingerprint density at radius 2 is 1.36 bits per heavy atom. The molecule has 0 heterocycles. The molecular formula is C25H37NO10. The molecule has 0 aliphatic rings. The van der Waals surface area contributed by atoms with E-state index in [-0.39, 0.29) is 17.9 Å². The zero-order valence-electron chi connectivity index (χ0n) is 22.0. The minimum atomic E-state index is -1.38. The highest BCUT2D eigenvalue weighted by molar-refractivity contribution is 5.76. The van der Waals surface area contributed by atoms with Crippen molar-refractivity contribution in [1.82, 2.24) is 0 Å². The Balaban J connectivity index is 3.37. The van der Waals surface area contributed by atoms with Crippen LogP contribution in [0.5, 0.6) is 11.5 Å². The first kappa shape index (κ1) is 30.7. The fourth-order valence-electron chi connectivity index (χ4n) is 2.96. The van der Waals surface area contributed by atoms with Crippen molar-refractivity contribution in [3.05, 3.63) is 23.8 Å². The maximum absolute atomic E-state index is 12.3. The molecule has 0 saturated heterocycles. The van der Waals surface area contributed by atoms with Crippen LogP contribution in [0.25, 0.3) is 0 Å². The van der Waals surface area contributed by atoms with E-state index in [0.717, 1.165) is 0 Å². The molecule has 1 aromatic rings. The predicted octanol–water partition coefficient (Wildman–Crippen LogP) is 4.40. The normalized spacial score (nSPS) is 14.0. The molecule has 0 spiro atoms. The SMILES string of the molecule is CC(C)OC(=O)Oc1ccc(C(CC(C)OC(=O)C(C)(C)C)[C@H](N)C(=O)O)cc1OC(=O)OC(C)C. The van der Waals surface area contributed by atoms with Gasteiger partial charge in [0, 0.05) is 5.92 Å². The summed E-state index contributed by atoms with van der Waals surface area (Å²) in [5.41, 5.74) is 5.57. The number of carboxylic acids is 1. The van der Waals surface area contributed by atoms with E-state index in [9.17, 15) is 24.3 Å². The molecule has 3 N–H and O–H groups in total. The molecule has 36 heavy (non-hydrogen) atoms. The number of esters is 1. The Morgan fingerprint density at radius 1 is 0.861 bits per heavy atom. The molecule has 0 radical (unpaired) electrons. The van der Waals surface area contributed by atoms with Crippen LogP contribution in [0.1, 0.15) is 73.3 Å². The second kappa shape index (κ2) is 13.1. The molecule has 1 aromatic carbocycles. The van der Waals surface area contributed by atoms with E-state index in [1.165, 1.54) is 18.2 Å². The number of hydrogen-bond donors (Lipinski definition) is 2. The van der Waals surface area contributed by atoms with Gasteiger partial charge in [0.15, 0.2) is 11.5 Å². The summed E-state index contributed by atoms with van der Waals surface area (Å²) in [4.78, 5) is 48.2. The molecule has 0 saturated carbocycles. The topological polar surface area (TPSA) is 161 Å². The molecule has 0 amide bonds. The summed E-state index contributed by atoms with van der Waals surface area (Å²) >= 11 is 0. The van der Waals surface area contributed by atoms with E-state index in [4.69, 9.17) is 29.4 Å². The van der Waals surface area contributed by atoms with Crippen molar-refractivity contribution in [1.29, 1.82) is 0 Å². The average Bonchev–Trinajstić information content (AvgIpc) is 2.70. The molecule has 1 rings (SSSR count). The highest BCUT2D eigenvalue weighted by atomic mass is 16.7. The lowest BCUT2D eigenvalue weighted by atomic mass is 9.86. The van der Waals surface area contributed by atoms with E-state index in [2.05, 4.69) is 0 Å². The highest BCUT2D eigenvalue weighted by Gasteiger charge is 2.32. The van der Waals surface area contributed by atoms with Crippen LogP contribution in [-0.4, -0.2) is 53.7 Å². The minimum Gasteiger partial charge on any atom is -0.480 e. The van der Waals surface area contributed by atoms with Crippen molar-refractivity contribution < 1.29 is 48.0 Å². The molecule has 202 valence electrons. The second-order valence-corrected chi connectivity index (χ2v) is 9.92. The first-order valence-electron chi connectivity index (χ1n) is 11.6. The Labute approximate surface area is 211 Å². The third kappa shape index (κ3) is 10.1. The zero-order valence-corrected chi connectivity index (χ0v) is 22.0. The number of rotatable bonds is 10. The van der Waals surface area contributed by atoms with Crippen molar-refractivity contribution in [2.75, 3.05) is 0 Å². The van der Waals surface area contributed by atoms with Crippen molar-refractivity contribution in [3.63, 3.8) is 0 Å². The van der Waals surface area contributed by atoms with Crippen molar-refractivity contribution >= 4 is 24.2 Å². The number of carboxylic acid groups (broad SMARTS) is 1. The Bertz CT molecular complexity index is 935. The first-order chi connectivity index (χ1) is 16.5. The lowest BCUT2D eigenvalue weighted by molar-refractivity contribution is -0.158. The largest absolute Gasteiger partial charge is 0.514 e. The van der Waals surface area contributed by atoms with Gasteiger partial charge in [-0.1, -0.05) is 6.07 Å². The van der Waals surface area contributed by atoms with Gasteiger partial charge in [0.2, 0.25) is 0 Å². The van der Waals surface area contributed by atoms with E-state index in [1.807, 2.05) is 0 Å². The molecule has 0 fully saturated rings. The fraction of sp³-hybridized carbons (Fsp3) is 0.600. The van der Waals surface area contributed by atoms with Gasteiger partial charge in [-0.2, -0.15) is 0 Å². The number of hydrogen-bond acceptors (Lipinski definition) is 10. The summed E-state index contributed by atoms with van der Waals surface area (Å²) in [6.07, 6.45) is -3.65. The number of aliphatic carboxylic acids is 1. The molecule has 2 unspecified atom stereocenters. The standard InChI is InChI=1S/C25H37NO10/c1-13(2)32-23(30)35-18-10-9-16(12-19(18)36-24(31)33-14(3)4)17(20(26)21(27)28)11-15(5)34-22(29)25(6,7)8/h9-10,12-15,17,20H,11,26H2,1-8H3,(H,27,28)/t15?,17?,20-/m0/s1. The van der Waals surface area contributed by atoms with Gasteiger partial charge in [-0.15, -0.1) is 0 Å². The van der Waals surface area contributed by atoms with Gasteiger partial charge in [-0.25, -0.2) is 9.59 Å². The summed E-state index contributed by atoms with van der Waals surface area (Å²) < 4.78 is 25.8. The first-order valence-corrected chi connectivity index (χ1v) is 11.6. The molecule has 11 heteroatoms. The van der Waals surface area contributed by atoms with Gasteiger partial charge < -0.3 is 34.5 Å². The van der Waals surface area contributed by atoms with Crippen LogP contribution in [0.3, 0.4) is 0 Å². The van der Waals surface area contributed by atoms with Gasteiger partial charge in [-0.3, -0.25) is 9.59 Å². The third-order valence-electron chi connectivity index (χ3n) is 4.67. The zero-order chi connectivity index (χ0) is 27.8. The molecule has 3 atom stereocenters. The van der Waals surface area contributed by atoms with Gasteiger partial charge in [0.25, 0.3) is 0 Å². The molecule has 0 bridgehead atoms. The Morgan fingerprint density at radius 3 is 1.81 bits per heavy atom. The van der Waals surface area contributed by atoms with Crippen LogP contribution in [-0.2, 0) is 23.8 Å². The minimum absolute atomic E-state index is 0.0563. The van der Waals surface area contributed by atoms with Crippen molar-refractivity contribution in [2.24, 2.45) is 11.1 Å². The van der Waals surface area contributed by atoms with Gasteiger partial charge >= 0.3 is 24.2 Å². The summed E-state index contributed by atoms with van der Waals surface area (Å²) in [5, 5.41) is 9.59. The van der Waals surface area contributed by atoms with E-state index >= 15 is 0 Å². The van der Waals surface area contributed by atoms with Crippen molar-refractivity contribution in [2.45, 2.75) is 92.1 Å². The van der Waals surface area contributed by atoms with Crippen LogP contribution >= 0.6 is 0 Å². The summed E-state index contributed by atoms with van der Waals surface area (Å²) in [6.45, 7) is 13.2. The van der Waals surface area contributed by atoms with Crippen molar-refractivity contribution in [3.8, 4) is 11.5 Å². The third-order valence-corrected chi connectivity index (χ3v) is 4.67. The number of ether oxygens (including phenoxy) is 5. The molecule has 11 nitrogen and oxygen atoms in total. The molecular weight excluding hydrogens is 474 g/mol. The fourth-order valence-corrected chi connectivity index (χ4v) is 2.96. The van der Waals surface area contributed by atoms with E-state index < -0.39 is 59.9 Å². The highest BCUT2D eigenvalue weighted by Crippen LogP contribution is 2.35. The maximum atomic E-state index is 12.3. The predicted molar refractivity (Wildman–Crippen MR) is 129 cm³/mol. The van der Waals surface area contributed by atoms with Gasteiger partial charge in [-0.05, 0) is 79.5 Å². The van der Waals surface area contributed by atoms with Gasteiger partial charge in [0.05, 0.1) is 23.7 Å². The number of carbonyl (C=O) groups is 4. The van der Waals surface area contributed by atoms with Gasteiger partial charge in [0.1, 0.15) is 6.04 Å². The number of benzene rings is 1. The van der Waals surface area contributed by atoms with Crippen LogP contribution in [0.2, 0.25) is 0 Å². The van der Waals surface area contributed by atoms with E-state index in [1.54, 1.807) is 55.4 Å². The maximum Gasteiger partial charge on any atom is 0.514 e. The lowest BCUT2D eigenvalue weighted by Crippen LogP contribution is -2.39. The molecule has 0 aromatic heterocycles. The summed E-state index contributed by atoms with van der Waals surface area (Å²) in [6, 6.07) is 2.74. The lowest BCUT2D eigenvalue weighted by Gasteiger charge is -2.27. The van der Waals surface area contributed by atoms with Crippen LogP contribution in [0.15, 0.2) is 18.2 Å². The monoisotopic (exact) mass is 511 g/mol. The summed E-state index contributed by atoms with van der Waals surface area (Å²) in [7, 11) is 0. The quantitative estimate of drug-likeness (QED) is 0.260. The smallest absolute Gasteiger partial charge is 0.480 e.